The number of hydrogen-bond acceptors (Lipinski definition) is 2. The molecule has 1 unspecified atom stereocenters. The minimum absolute atomic E-state index is 0.456. The van der Waals surface area contributed by atoms with Gasteiger partial charge in [0.25, 0.3) is 0 Å². The highest BCUT2D eigenvalue weighted by Gasteiger charge is 2.40. The van der Waals surface area contributed by atoms with E-state index >= 15 is 0 Å². The van der Waals surface area contributed by atoms with Gasteiger partial charge in [-0.05, 0) is 38.6 Å². The lowest BCUT2D eigenvalue weighted by Gasteiger charge is -2.46. The van der Waals surface area contributed by atoms with Gasteiger partial charge in [0.15, 0.2) is 0 Å². The molecule has 2 rings (SSSR count). The van der Waals surface area contributed by atoms with Crippen molar-refractivity contribution < 1.29 is 0 Å². The molecule has 18 heavy (non-hydrogen) atoms. The summed E-state index contributed by atoms with van der Waals surface area (Å²) in [7, 11) is 0. The van der Waals surface area contributed by atoms with Crippen molar-refractivity contribution in [1.82, 2.24) is 10.2 Å². The standard InChI is InChI=1S/C16H28N2/c1-3-5-6-9-12-18-14-16(10-7-8-11-16)17-13-15(18)4-2/h1,15,17H,4-14H2,2H3. The van der Waals surface area contributed by atoms with Gasteiger partial charge < -0.3 is 5.32 Å². The minimum Gasteiger partial charge on any atom is -0.308 e. The number of nitrogens with zero attached hydrogens (tertiary/aromatic N) is 1. The topological polar surface area (TPSA) is 15.3 Å². The molecule has 1 aliphatic heterocycles. The van der Waals surface area contributed by atoms with Gasteiger partial charge in [-0.15, -0.1) is 12.3 Å². The zero-order valence-electron chi connectivity index (χ0n) is 11.9. The average Bonchev–Trinajstić information content (AvgIpc) is 2.83. The minimum atomic E-state index is 0.456. The summed E-state index contributed by atoms with van der Waals surface area (Å²) >= 11 is 0. The van der Waals surface area contributed by atoms with Crippen LogP contribution in [0.15, 0.2) is 0 Å². The molecule has 0 aromatic carbocycles. The van der Waals surface area contributed by atoms with Crippen LogP contribution in [0.25, 0.3) is 0 Å². The van der Waals surface area contributed by atoms with E-state index in [0.29, 0.717) is 5.54 Å². The van der Waals surface area contributed by atoms with Crippen LogP contribution in [0, 0.1) is 12.3 Å². The summed E-state index contributed by atoms with van der Waals surface area (Å²) in [6.07, 6.45) is 15.5. The summed E-state index contributed by atoms with van der Waals surface area (Å²) in [4.78, 5) is 2.73. The van der Waals surface area contributed by atoms with E-state index < -0.39 is 0 Å². The fourth-order valence-electron chi connectivity index (χ4n) is 3.63. The van der Waals surface area contributed by atoms with Crippen molar-refractivity contribution in [2.75, 3.05) is 19.6 Å². The summed E-state index contributed by atoms with van der Waals surface area (Å²) in [6.45, 7) is 6.00. The smallest absolute Gasteiger partial charge is 0.0309 e. The van der Waals surface area contributed by atoms with E-state index in [4.69, 9.17) is 6.42 Å². The Hall–Kier alpha value is -0.520. The highest BCUT2D eigenvalue weighted by molar-refractivity contribution is 5.00. The number of unbranched alkanes of at least 4 members (excludes halogenated alkanes) is 2. The SMILES string of the molecule is C#CCCCCN1CC2(CCCC2)NCC1CC. The second kappa shape index (κ2) is 6.59. The van der Waals surface area contributed by atoms with Gasteiger partial charge in [-0.3, -0.25) is 4.90 Å². The van der Waals surface area contributed by atoms with Gasteiger partial charge in [-0.1, -0.05) is 19.8 Å². The summed E-state index contributed by atoms with van der Waals surface area (Å²) in [5.74, 6) is 2.75. The van der Waals surface area contributed by atoms with Crippen LogP contribution in [0.3, 0.4) is 0 Å². The van der Waals surface area contributed by atoms with Crippen molar-refractivity contribution in [3.63, 3.8) is 0 Å². The Balaban J connectivity index is 1.85. The highest BCUT2D eigenvalue weighted by atomic mass is 15.3. The lowest BCUT2D eigenvalue weighted by atomic mass is 9.91. The first kappa shape index (κ1) is 13.9. The van der Waals surface area contributed by atoms with E-state index in [1.54, 1.807) is 0 Å². The van der Waals surface area contributed by atoms with Gasteiger partial charge >= 0.3 is 0 Å². The summed E-state index contributed by atoms with van der Waals surface area (Å²) < 4.78 is 0. The lowest BCUT2D eigenvalue weighted by Crippen LogP contribution is -2.63. The Labute approximate surface area is 113 Å². The molecule has 102 valence electrons. The van der Waals surface area contributed by atoms with Crippen molar-refractivity contribution in [3.05, 3.63) is 0 Å². The zero-order chi connectivity index (χ0) is 12.8. The molecule has 0 amide bonds. The number of terminal acetylenes is 1. The molecule has 0 aromatic rings. The number of hydrogen-bond donors (Lipinski definition) is 1. The molecule has 1 spiro atoms. The van der Waals surface area contributed by atoms with Crippen molar-refractivity contribution in [3.8, 4) is 12.3 Å². The molecule has 1 saturated heterocycles. The van der Waals surface area contributed by atoms with Crippen LogP contribution in [0.4, 0.5) is 0 Å². The molecule has 2 heteroatoms. The Morgan fingerprint density at radius 1 is 1.33 bits per heavy atom. The van der Waals surface area contributed by atoms with Crippen LogP contribution in [0.1, 0.15) is 58.3 Å². The van der Waals surface area contributed by atoms with Crippen LogP contribution < -0.4 is 5.32 Å². The fourth-order valence-corrected chi connectivity index (χ4v) is 3.63. The van der Waals surface area contributed by atoms with E-state index in [0.717, 1.165) is 12.5 Å². The van der Waals surface area contributed by atoms with Gasteiger partial charge in [-0.2, -0.15) is 0 Å². The van der Waals surface area contributed by atoms with E-state index in [1.165, 1.54) is 64.6 Å². The van der Waals surface area contributed by atoms with Gasteiger partial charge in [-0.25, -0.2) is 0 Å². The van der Waals surface area contributed by atoms with E-state index in [1.807, 2.05) is 0 Å². The van der Waals surface area contributed by atoms with Crippen molar-refractivity contribution in [2.45, 2.75) is 69.9 Å². The average molecular weight is 248 g/mol. The summed E-state index contributed by atoms with van der Waals surface area (Å²) in [6, 6.07) is 0.738. The highest BCUT2D eigenvalue weighted by Crippen LogP contribution is 2.33. The summed E-state index contributed by atoms with van der Waals surface area (Å²) in [5.41, 5.74) is 0.456. The van der Waals surface area contributed by atoms with E-state index in [2.05, 4.69) is 23.1 Å². The molecule has 0 radical (unpaired) electrons. The molecular weight excluding hydrogens is 220 g/mol. The van der Waals surface area contributed by atoms with Crippen LogP contribution in [0.5, 0.6) is 0 Å². The van der Waals surface area contributed by atoms with Crippen LogP contribution in [-0.2, 0) is 0 Å². The third kappa shape index (κ3) is 3.28. The van der Waals surface area contributed by atoms with Gasteiger partial charge in [0.1, 0.15) is 0 Å². The van der Waals surface area contributed by atoms with E-state index in [9.17, 15) is 0 Å². The Kier molecular flexibility index (Phi) is 5.09. The molecule has 2 nitrogen and oxygen atoms in total. The maximum atomic E-state index is 5.32. The Morgan fingerprint density at radius 2 is 2.11 bits per heavy atom. The first-order valence-electron chi connectivity index (χ1n) is 7.72. The van der Waals surface area contributed by atoms with Crippen molar-refractivity contribution in [1.29, 1.82) is 0 Å². The molecule has 2 aliphatic rings. The van der Waals surface area contributed by atoms with Crippen molar-refractivity contribution >= 4 is 0 Å². The Morgan fingerprint density at radius 3 is 2.78 bits per heavy atom. The molecule has 1 atom stereocenters. The number of rotatable bonds is 5. The van der Waals surface area contributed by atoms with Crippen LogP contribution in [-0.4, -0.2) is 36.1 Å². The molecule has 0 aromatic heterocycles. The molecule has 1 N–H and O–H groups in total. The van der Waals surface area contributed by atoms with E-state index in [-0.39, 0.29) is 0 Å². The van der Waals surface area contributed by atoms with Crippen molar-refractivity contribution in [2.24, 2.45) is 0 Å². The first-order chi connectivity index (χ1) is 8.79. The third-order valence-electron chi connectivity index (χ3n) is 4.78. The predicted molar refractivity (Wildman–Crippen MR) is 77.5 cm³/mol. The molecular formula is C16H28N2. The maximum Gasteiger partial charge on any atom is 0.0309 e. The lowest BCUT2D eigenvalue weighted by molar-refractivity contribution is 0.0769. The molecule has 0 bridgehead atoms. The maximum absolute atomic E-state index is 5.32. The second-order valence-corrected chi connectivity index (χ2v) is 6.06. The van der Waals surface area contributed by atoms with Gasteiger partial charge in [0, 0.05) is 31.1 Å². The quantitative estimate of drug-likeness (QED) is 0.594. The largest absolute Gasteiger partial charge is 0.308 e. The molecule has 1 aliphatic carbocycles. The second-order valence-electron chi connectivity index (χ2n) is 6.06. The van der Waals surface area contributed by atoms with Crippen LogP contribution in [0.2, 0.25) is 0 Å². The zero-order valence-corrected chi connectivity index (χ0v) is 11.9. The predicted octanol–water partition coefficient (Wildman–Crippen LogP) is 2.79. The monoisotopic (exact) mass is 248 g/mol. The number of piperazine rings is 1. The molecule has 1 saturated carbocycles. The summed E-state index contributed by atoms with van der Waals surface area (Å²) in [5, 5.41) is 3.85. The fraction of sp³-hybridized carbons (Fsp3) is 0.875. The van der Waals surface area contributed by atoms with Crippen LogP contribution >= 0.6 is 0 Å². The molecule has 1 heterocycles. The Bertz CT molecular complexity index is 286. The molecule has 2 fully saturated rings. The van der Waals surface area contributed by atoms with Gasteiger partial charge in [0.05, 0.1) is 0 Å². The van der Waals surface area contributed by atoms with Gasteiger partial charge in [0.2, 0.25) is 0 Å². The third-order valence-corrected chi connectivity index (χ3v) is 4.78. The first-order valence-corrected chi connectivity index (χ1v) is 7.72. The number of nitrogens with one attached hydrogen (secondary N) is 1. The normalized spacial score (nSPS) is 27.4.